The maximum absolute atomic E-state index is 12.2. The molecule has 5 nitrogen and oxygen atoms in total. The molecule has 1 fully saturated rings. The topological polar surface area (TPSA) is 59.8 Å². The van der Waals surface area contributed by atoms with E-state index in [1.54, 1.807) is 12.1 Å². The number of aryl methyl sites for hydroxylation is 1. The maximum atomic E-state index is 12.2. The van der Waals surface area contributed by atoms with Crippen LogP contribution in [0.2, 0.25) is 0 Å². The fourth-order valence-electron chi connectivity index (χ4n) is 3.16. The Bertz CT molecular complexity index is 775. The number of ether oxygens (including phenoxy) is 1. The highest BCUT2D eigenvalue weighted by molar-refractivity contribution is 5.82. The molecule has 128 valence electrons. The van der Waals surface area contributed by atoms with Gasteiger partial charge in [0.1, 0.15) is 11.3 Å². The lowest BCUT2D eigenvalue weighted by molar-refractivity contribution is -0.134. The first-order valence-electron chi connectivity index (χ1n) is 8.64. The average molecular weight is 329 g/mol. The van der Waals surface area contributed by atoms with Crippen LogP contribution in [0.5, 0.6) is 5.75 Å². The number of rotatable bonds is 5. The lowest BCUT2D eigenvalue weighted by Crippen LogP contribution is -2.38. The van der Waals surface area contributed by atoms with Crippen LogP contribution in [-0.4, -0.2) is 30.5 Å². The Morgan fingerprint density at radius 1 is 1.21 bits per heavy atom. The Balaban J connectivity index is 1.73. The largest absolute Gasteiger partial charge is 0.484 e. The van der Waals surface area contributed by atoms with Crippen LogP contribution in [0.3, 0.4) is 0 Å². The summed E-state index contributed by atoms with van der Waals surface area (Å²) in [5.74, 6) is 0.556. The van der Waals surface area contributed by atoms with Crippen molar-refractivity contribution in [1.29, 1.82) is 0 Å². The van der Waals surface area contributed by atoms with E-state index in [1.807, 2.05) is 17.0 Å². The molecule has 1 aromatic carbocycles. The van der Waals surface area contributed by atoms with E-state index in [0.29, 0.717) is 11.3 Å². The second-order valence-electron chi connectivity index (χ2n) is 6.23. The second-order valence-corrected chi connectivity index (χ2v) is 6.23. The molecular weight excluding hydrogens is 306 g/mol. The van der Waals surface area contributed by atoms with E-state index in [9.17, 15) is 9.59 Å². The molecule has 1 aliphatic rings. The number of piperidine rings is 1. The summed E-state index contributed by atoms with van der Waals surface area (Å²) in [4.78, 5) is 25.7. The van der Waals surface area contributed by atoms with Crippen molar-refractivity contribution >= 4 is 16.9 Å². The Kier molecular flexibility index (Phi) is 5.18. The summed E-state index contributed by atoms with van der Waals surface area (Å²) in [6.45, 7) is 3.72. The van der Waals surface area contributed by atoms with Crippen LogP contribution < -0.4 is 10.4 Å². The average Bonchev–Trinajstić information content (AvgIpc) is 2.60. The minimum atomic E-state index is -0.354. The molecule has 0 atom stereocenters. The molecule has 0 radical (unpaired) electrons. The second kappa shape index (κ2) is 7.51. The number of carbonyl (C=O) groups excluding carboxylic acids is 1. The van der Waals surface area contributed by atoms with Crippen LogP contribution in [0, 0.1) is 0 Å². The molecule has 0 saturated carbocycles. The predicted octanol–water partition coefficient (Wildman–Crippen LogP) is 3.14. The molecule has 0 aliphatic carbocycles. The van der Waals surface area contributed by atoms with Gasteiger partial charge in [-0.1, -0.05) is 13.3 Å². The van der Waals surface area contributed by atoms with E-state index in [4.69, 9.17) is 9.15 Å². The zero-order chi connectivity index (χ0) is 16.9. The van der Waals surface area contributed by atoms with Crippen molar-refractivity contribution in [3.8, 4) is 5.75 Å². The quantitative estimate of drug-likeness (QED) is 0.791. The SMILES string of the molecule is CCCc1cc(=O)oc2cc(OCC(=O)N3CCCCC3)ccc12. The van der Waals surface area contributed by atoms with Crippen LogP contribution in [0.15, 0.2) is 33.5 Å². The third kappa shape index (κ3) is 3.78. The Labute approximate surface area is 141 Å². The third-order valence-electron chi connectivity index (χ3n) is 4.39. The summed E-state index contributed by atoms with van der Waals surface area (Å²) in [6, 6.07) is 6.96. The smallest absolute Gasteiger partial charge is 0.336 e. The maximum Gasteiger partial charge on any atom is 0.336 e. The molecule has 0 unspecified atom stereocenters. The van der Waals surface area contributed by atoms with Gasteiger partial charge in [0.05, 0.1) is 0 Å². The summed E-state index contributed by atoms with van der Waals surface area (Å²) in [5.41, 5.74) is 1.14. The van der Waals surface area contributed by atoms with Crippen LogP contribution in [-0.2, 0) is 11.2 Å². The molecule has 1 aromatic heterocycles. The third-order valence-corrected chi connectivity index (χ3v) is 4.39. The van der Waals surface area contributed by atoms with Crippen molar-refractivity contribution in [1.82, 2.24) is 4.90 Å². The molecule has 0 bridgehead atoms. The van der Waals surface area contributed by atoms with Gasteiger partial charge in [-0.3, -0.25) is 4.79 Å². The van der Waals surface area contributed by atoms with Gasteiger partial charge in [-0.15, -0.1) is 0 Å². The van der Waals surface area contributed by atoms with E-state index >= 15 is 0 Å². The number of amides is 1. The minimum Gasteiger partial charge on any atom is -0.484 e. The number of likely N-dealkylation sites (tertiary alicyclic amines) is 1. The minimum absolute atomic E-state index is 0.0102. The van der Waals surface area contributed by atoms with Crippen molar-refractivity contribution in [2.75, 3.05) is 19.7 Å². The van der Waals surface area contributed by atoms with Crippen LogP contribution in [0.4, 0.5) is 0 Å². The summed E-state index contributed by atoms with van der Waals surface area (Å²) < 4.78 is 10.9. The molecular formula is C19H23NO4. The number of carbonyl (C=O) groups is 1. The van der Waals surface area contributed by atoms with Gasteiger partial charge in [0.25, 0.3) is 5.91 Å². The van der Waals surface area contributed by atoms with Crippen molar-refractivity contribution < 1.29 is 13.9 Å². The van der Waals surface area contributed by atoms with Crippen LogP contribution in [0.25, 0.3) is 11.0 Å². The molecule has 3 rings (SSSR count). The van der Waals surface area contributed by atoms with E-state index in [-0.39, 0.29) is 18.1 Å². The van der Waals surface area contributed by atoms with E-state index in [1.165, 1.54) is 6.42 Å². The standard InChI is InChI=1S/C19H23NO4/c1-2-6-14-11-19(22)24-17-12-15(7-8-16(14)17)23-13-18(21)20-9-4-3-5-10-20/h7-8,11-12H,2-6,9-10,13H2,1H3. The number of hydrogen-bond donors (Lipinski definition) is 0. The molecule has 1 saturated heterocycles. The van der Waals surface area contributed by atoms with Gasteiger partial charge in [0, 0.05) is 30.6 Å². The van der Waals surface area contributed by atoms with Gasteiger partial charge < -0.3 is 14.1 Å². The van der Waals surface area contributed by atoms with Crippen molar-refractivity contribution in [3.63, 3.8) is 0 Å². The summed E-state index contributed by atoms with van der Waals surface area (Å²) in [5, 5.41) is 0.922. The number of nitrogens with zero attached hydrogens (tertiary/aromatic N) is 1. The van der Waals surface area contributed by atoms with Crippen molar-refractivity contribution in [3.05, 3.63) is 40.2 Å². The molecule has 24 heavy (non-hydrogen) atoms. The first-order valence-corrected chi connectivity index (χ1v) is 8.64. The number of hydrogen-bond acceptors (Lipinski definition) is 4. The van der Waals surface area contributed by atoms with E-state index in [2.05, 4.69) is 6.92 Å². The number of fused-ring (bicyclic) bond motifs is 1. The zero-order valence-electron chi connectivity index (χ0n) is 14.0. The van der Waals surface area contributed by atoms with Crippen molar-refractivity contribution in [2.24, 2.45) is 0 Å². The highest BCUT2D eigenvalue weighted by Crippen LogP contribution is 2.23. The molecule has 2 aromatic rings. The monoisotopic (exact) mass is 329 g/mol. The fraction of sp³-hybridized carbons (Fsp3) is 0.474. The molecule has 1 amide bonds. The van der Waals surface area contributed by atoms with Crippen molar-refractivity contribution in [2.45, 2.75) is 39.0 Å². The highest BCUT2D eigenvalue weighted by Gasteiger charge is 2.17. The molecule has 0 N–H and O–H groups in total. The van der Waals surface area contributed by atoms with E-state index in [0.717, 1.165) is 49.7 Å². The summed E-state index contributed by atoms with van der Waals surface area (Å²) in [7, 11) is 0. The number of benzene rings is 1. The van der Waals surface area contributed by atoms with Crippen LogP contribution in [0.1, 0.15) is 38.2 Å². The van der Waals surface area contributed by atoms with Crippen LogP contribution >= 0.6 is 0 Å². The van der Waals surface area contributed by atoms with Gasteiger partial charge in [-0.2, -0.15) is 0 Å². The van der Waals surface area contributed by atoms with Gasteiger partial charge in [-0.25, -0.2) is 4.79 Å². The lowest BCUT2D eigenvalue weighted by Gasteiger charge is -2.26. The molecule has 1 aliphatic heterocycles. The molecule has 5 heteroatoms. The predicted molar refractivity (Wildman–Crippen MR) is 92.4 cm³/mol. The lowest BCUT2D eigenvalue weighted by atomic mass is 10.1. The first kappa shape index (κ1) is 16.6. The Hall–Kier alpha value is -2.30. The normalized spacial score (nSPS) is 14.8. The Morgan fingerprint density at radius 3 is 2.75 bits per heavy atom. The summed E-state index contributed by atoms with van der Waals surface area (Å²) >= 11 is 0. The van der Waals surface area contributed by atoms with Gasteiger partial charge in [-0.05, 0) is 43.4 Å². The van der Waals surface area contributed by atoms with E-state index < -0.39 is 0 Å². The highest BCUT2D eigenvalue weighted by atomic mass is 16.5. The zero-order valence-corrected chi connectivity index (χ0v) is 14.0. The Morgan fingerprint density at radius 2 is 2.00 bits per heavy atom. The van der Waals surface area contributed by atoms with Gasteiger partial charge >= 0.3 is 5.63 Å². The fourth-order valence-corrected chi connectivity index (χ4v) is 3.16. The summed E-state index contributed by atoms with van der Waals surface area (Å²) in [6.07, 6.45) is 5.10. The molecule has 2 heterocycles. The van der Waals surface area contributed by atoms with Gasteiger partial charge in [0.2, 0.25) is 0 Å². The van der Waals surface area contributed by atoms with Gasteiger partial charge in [0.15, 0.2) is 6.61 Å². The molecule has 0 spiro atoms. The first-order chi connectivity index (χ1) is 11.7.